The molecule has 1 N–H and O–H groups in total. The van der Waals surface area contributed by atoms with Gasteiger partial charge in [-0.3, -0.25) is 14.7 Å². The minimum atomic E-state index is -0.133. The Morgan fingerprint density at radius 1 is 1.00 bits per heavy atom. The van der Waals surface area contributed by atoms with Gasteiger partial charge in [0.15, 0.2) is 0 Å². The second kappa shape index (κ2) is 8.70. The van der Waals surface area contributed by atoms with Crippen LogP contribution >= 0.6 is 0 Å². The van der Waals surface area contributed by atoms with Crippen LogP contribution in [0.15, 0.2) is 79.3 Å². The second-order valence-corrected chi connectivity index (χ2v) is 7.96. The predicted molar refractivity (Wildman–Crippen MR) is 122 cm³/mol. The Kier molecular flexibility index (Phi) is 5.46. The molecule has 0 bridgehead atoms. The van der Waals surface area contributed by atoms with Gasteiger partial charge in [0.05, 0.1) is 17.2 Å². The lowest BCUT2D eigenvalue weighted by molar-refractivity contribution is -0.122. The highest BCUT2D eigenvalue weighted by atomic mass is 16.2. The van der Waals surface area contributed by atoms with E-state index in [1.807, 2.05) is 60.9 Å². The summed E-state index contributed by atoms with van der Waals surface area (Å²) >= 11 is 0. The maximum atomic E-state index is 13.2. The molecule has 0 saturated carbocycles. The number of rotatable bonds is 5. The first kappa shape index (κ1) is 19.5. The van der Waals surface area contributed by atoms with Crippen molar-refractivity contribution in [2.75, 3.05) is 11.9 Å². The van der Waals surface area contributed by atoms with Gasteiger partial charge < -0.3 is 5.32 Å². The molecule has 1 unspecified atom stereocenters. The summed E-state index contributed by atoms with van der Waals surface area (Å²) in [7, 11) is 0. The lowest BCUT2D eigenvalue weighted by atomic mass is 9.99. The number of anilines is 1. The Labute approximate surface area is 181 Å². The van der Waals surface area contributed by atoms with Crippen LogP contribution in [0.4, 0.5) is 5.69 Å². The molecule has 1 amide bonds. The Balaban J connectivity index is 1.31. The molecule has 0 spiro atoms. The molecule has 1 saturated heterocycles. The largest absolute Gasteiger partial charge is 0.325 e. The molecule has 2 aromatic carbocycles. The molecule has 3 heterocycles. The van der Waals surface area contributed by atoms with Crippen LogP contribution in [0.2, 0.25) is 0 Å². The number of nitrogens with zero attached hydrogens (tertiary/aromatic N) is 4. The first-order valence-corrected chi connectivity index (χ1v) is 10.8. The zero-order chi connectivity index (χ0) is 21.0. The summed E-state index contributed by atoms with van der Waals surface area (Å²) in [6.45, 7) is 1.67. The highest BCUT2D eigenvalue weighted by Gasteiger charge is 2.29. The lowest BCUT2D eigenvalue weighted by Crippen LogP contribution is -2.46. The maximum absolute atomic E-state index is 13.2. The Bertz CT molecular complexity index is 1160. The fourth-order valence-electron chi connectivity index (χ4n) is 4.35. The Morgan fingerprint density at radius 2 is 1.90 bits per heavy atom. The van der Waals surface area contributed by atoms with Crippen LogP contribution in [0.1, 0.15) is 24.8 Å². The molecule has 1 aliphatic heterocycles. The van der Waals surface area contributed by atoms with Crippen molar-refractivity contribution in [2.24, 2.45) is 0 Å². The third-order valence-corrected chi connectivity index (χ3v) is 5.93. The zero-order valence-electron chi connectivity index (χ0n) is 17.3. The normalized spacial score (nSPS) is 17.0. The number of fused-ring (bicyclic) bond motifs is 1. The quantitative estimate of drug-likeness (QED) is 0.528. The average molecular weight is 412 g/mol. The highest BCUT2D eigenvalue weighted by molar-refractivity contribution is 5.95. The molecule has 0 aliphatic carbocycles. The Morgan fingerprint density at radius 3 is 2.74 bits per heavy atom. The molecule has 5 rings (SSSR count). The van der Waals surface area contributed by atoms with Crippen LogP contribution in [-0.4, -0.2) is 38.2 Å². The van der Waals surface area contributed by atoms with Gasteiger partial charge in [-0.15, -0.1) is 0 Å². The van der Waals surface area contributed by atoms with Gasteiger partial charge >= 0.3 is 0 Å². The number of benzene rings is 2. The summed E-state index contributed by atoms with van der Waals surface area (Å²) in [6.07, 6.45) is 8.53. The molecule has 4 aromatic rings. The molecular formula is C25H25N5O. The zero-order valence-corrected chi connectivity index (χ0v) is 17.3. The first-order chi connectivity index (χ1) is 15.3. The van der Waals surface area contributed by atoms with Crippen molar-refractivity contribution in [3.63, 3.8) is 0 Å². The fourth-order valence-corrected chi connectivity index (χ4v) is 4.35. The molecule has 6 heteroatoms. The van der Waals surface area contributed by atoms with Crippen molar-refractivity contribution >= 4 is 22.5 Å². The molecule has 0 radical (unpaired) electrons. The van der Waals surface area contributed by atoms with Crippen molar-refractivity contribution in [1.29, 1.82) is 0 Å². The van der Waals surface area contributed by atoms with E-state index >= 15 is 0 Å². The molecule has 31 heavy (non-hydrogen) atoms. The van der Waals surface area contributed by atoms with Crippen LogP contribution in [-0.2, 0) is 11.3 Å². The number of pyridine rings is 1. The fraction of sp³-hybridized carbons (Fsp3) is 0.240. The van der Waals surface area contributed by atoms with Gasteiger partial charge in [-0.2, -0.15) is 5.10 Å². The molecule has 156 valence electrons. The topological polar surface area (TPSA) is 63.1 Å². The van der Waals surface area contributed by atoms with E-state index in [2.05, 4.69) is 32.4 Å². The van der Waals surface area contributed by atoms with Gasteiger partial charge in [0.1, 0.15) is 0 Å². The molecular weight excluding hydrogens is 386 g/mol. The lowest BCUT2D eigenvalue weighted by Gasteiger charge is -2.35. The number of nitrogens with one attached hydrogen (secondary N) is 1. The third-order valence-electron chi connectivity index (χ3n) is 5.93. The minimum Gasteiger partial charge on any atom is -0.325 e. The number of likely N-dealkylation sites (tertiary alicyclic amines) is 1. The van der Waals surface area contributed by atoms with E-state index in [9.17, 15) is 4.79 Å². The van der Waals surface area contributed by atoms with Crippen LogP contribution in [0.3, 0.4) is 0 Å². The number of amides is 1. The van der Waals surface area contributed by atoms with Crippen LogP contribution in [0, 0.1) is 0 Å². The van der Waals surface area contributed by atoms with E-state index < -0.39 is 0 Å². The highest BCUT2D eigenvalue weighted by Crippen LogP contribution is 2.24. The van der Waals surface area contributed by atoms with Gasteiger partial charge in [0.2, 0.25) is 5.91 Å². The van der Waals surface area contributed by atoms with Gasteiger partial charge in [0, 0.05) is 36.2 Å². The van der Waals surface area contributed by atoms with Crippen molar-refractivity contribution in [3.8, 4) is 5.69 Å². The first-order valence-electron chi connectivity index (χ1n) is 10.8. The predicted octanol–water partition coefficient (Wildman–Crippen LogP) is 4.41. The summed E-state index contributed by atoms with van der Waals surface area (Å²) in [4.78, 5) is 19.9. The SMILES string of the molecule is O=C(Nc1ccc(-n2cccn2)cc1)C1CCCCN1Cc1cccc2ncccc12. The number of aromatic nitrogens is 3. The monoisotopic (exact) mass is 411 g/mol. The number of piperidine rings is 1. The van der Waals surface area contributed by atoms with Gasteiger partial charge in [-0.1, -0.05) is 24.6 Å². The van der Waals surface area contributed by atoms with Crippen LogP contribution < -0.4 is 5.32 Å². The summed E-state index contributed by atoms with van der Waals surface area (Å²) in [5, 5.41) is 8.51. The number of hydrogen-bond donors (Lipinski definition) is 1. The number of hydrogen-bond acceptors (Lipinski definition) is 4. The van der Waals surface area contributed by atoms with E-state index in [0.717, 1.165) is 54.6 Å². The van der Waals surface area contributed by atoms with E-state index in [1.165, 1.54) is 5.56 Å². The van der Waals surface area contributed by atoms with E-state index in [1.54, 1.807) is 10.9 Å². The van der Waals surface area contributed by atoms with Crippen molar-refractivity contribution in [2.45, 2.75) is 31.8 Å². The smallest absolute Gasteiger partial charge is 0.241 e. The van der Waals surface area contributed by atoms with E-state index in [4.69, 9.17) is 0 Å². The molecule has 1 atom stereocenters. The summed E-state index contributed by atoms with van der Waals surface area (Å²) in [5.74, 6) is 0.0601. The molecule has 6 nitrogen and oxygen atoms in total. The second-order valence-electron chi connectivity index (χ2n) is 7.96. The van der Waals surface area contributed by atoms with Gasteiger partial charge in [-0.05, 0) is 67.4 Å². The standard InChI is InChI=1S/C25H25N5O/c31-25(28-20-10-12-21(13-11-20)30-17-5-15-27-30)24-9-1-2-16-29(24)18-19-6-3-8-23-22(19)7-4-14-26-23/h3-8,10-15,17,24H,1-2,9,16,18H2,(H,28,31). The average Bonchev–Trinajstić information content (AvgIpc) is 3.35. The van der Waals surface area contributed by atoms with Crippen LogP contribution in [0.25, 0.3) is 16.6 Å². The maximum Gasteiger partial charge on any atom is 0.241 e. The summed E-state index contributed by atoms with van der Waals surface area (Å²) in [5.41, 5.74) is 3.98. The molecule has 1 aliphatic rings. The summed E-state index contributed by atoms with van der Waals surface area (Å²) < 4.78 is 1.80. The number of carbonyl (C=O) groups excluding carboxylic acids is 1. The third kappa shape index (κ3) is 4.20. The molecule has 1 fully saturated rings. The van der Waals surface area contributed by atoms with Gasteiger partial charge in [0.25, 0.3) is 0 Å². The minimum absolute atomic E-state index is 0.0601. The van der Waals surface area contributed by atoms with E-state index in [0.29, 0.717) is 0 Å². The van der Waals surface area contributed by atoms with Crippen molar-refractivity contribution in [3.05, 3.63) is 84.8 Å². The van der Waals surface area contributed by atoms with Crippen molar-refractivity contribution < 1.29 is 4.79 Å². The summed E-state index contributed by atoms with van der Waals surface area (Å²) in [6, 6.07) is 19.8. The van der Waals surface area contributed by atoms with E-state index in [-0.39, 0.29) is 11.9 Å². The van der Waals surface area contributed by atoms with Gasteiger partial charge in [-0.25, -0.2) is 4.68 Å². The number of carbonyl (C=O) groups is 1. The Hall–Kier alpha value is -3.51. The van der Waals surface area contributed by atoms with Crippen molar-refractivity contribution in [1.82, 2.24) is 19.7 Å². The molecule has 2 aromatic heterocycles. The van der Waals surface area contributed by atoms with Crippen LogP contribution in [0.5, 0.6) is 0 Å².